The van der Waals surface area contributed by atoms with Crippen LogP contribution >= 0.6 is 0 Å². The van der Waals surface area contributed by atoms with Crippen LogP contribution < -0.4 is 5.32 Å². The van der Waals surface area contributed by atoms with E-state index in [-0.39, 0.29) is 0 Å². The molecule has 2 fully saturated rings. The first-order valence-electron chi connectivity index (χ1n) is 6.78. The van der Waals surface area contributed by atoms with Gasteiger partial charge in [0.15, 0.2) is 0 Å². The normalized spacial score (nSPS) is 31.9. The van der Waals surface area contributed by atoms with Crippen molar-refractivity contribution in [2.24, 2.45) is 0 Å². The second kappa shape index (κ2) is 5.99. The predicted molar refractivity (Wildman–Crippen MR) is 64.6 cm³/mol. The molecule has 1 heterocycles. The molecule has 16 heavy (non-hydrogen) atoms. The molecular formula is C13H25NO2. The summed E-state index contributed by atoms with van der Waals surface area (Å²) in [6.07, 6.45) is 7.26. The first-order valence-corrected chi connectivity index (χ1v) is 6.78. The maximum Gasteiger partial charge on any atom is 0.0814 e. The molecule has 0 spiro atoms. The zero-order chi connectivity index (χ0) is 11.4. The number of ether oxygens (including phenoxy) is 2. The molecule has 0 amide bonds. The van der Waals surface area contributed by atoms with E-state index in [2.05, 4.69) is 19.2 Å². The smallest absolute Gasteiger partial charge is 0.0814 e. The van der Waals surface area contributed by atoms with Crippen LogP contribution in [0.3, 0.4) is 0 Å². The number of hydrogen-bond donors (Lipinski definition) is 1. The van der Waals surface area contributed by atoms with Crippen molar-refractivity contribution in [1.82, 2.24) is 5.32 Å². The standard InChI is InChI=1S/C13H25NO2/c1-3-10(2)15-9-13-7-6-12(16-13)8-14-11-4-5-11/h10-14H,3-9H2,1-2H3. The molecule has 1 saturated heterocycles. The first-order chi connectivity index (χ1) is 7.78. The summed E-state index contributed by atoms with van der Waals surface area (Å²) in [6, 6.07) is 0.791. The van der Waals surface area contributed by atoms with E-state index in [9.17, 15) is 0 Å². The molecule has 94 valence electrons. The van der Waals surface area contributed by atoms with Crippen molar-refractivity contribution in [2.75, 3.05) is 13.2 Å². The molecule has 0 bridgehead atoms. The summed E-state index contributed by atoms with van der Waals surface area (Å²) in [5.41, 5.74) is 0. The van der Waals surface area contributed by atoms with Gasteiger partial charge >= 0.3 is 0 Å². The van der Waals surface area contributed by atoms with Crippen molar-refractivity contribution in [2.45, 2.75) is 70.3 Å². The van der Waals surface area contributed by atoms with E-state index in [4.69, 9.17) is 9.47 Å². The topological polar surface area (TPSA) is 30.5 Å². The van der Waals surface area contributed by atoms with Gasteiger partial charge in [-0.3, -0.25) is 0 Å². The molecule has 1 saturated carbocycles. The lowest BCUT2D eigenvalue weighted by Gasteiger charge is -2.16. The Hall–Kier alpha value is -0.120. The Bertz CT molecular complexity index is 206. The van der Waals surface area contributed by atoms with Crippen LogP contribution in [0.5, 0.6) is 0 Å². The molecule has 0 aromatic heterocycles. The molecule has 0 radical (unpaired) electrons. The van der Waals surface area contributed by atoms with Gasteiger partial charge in [0, 0.05) is 12.6 Å². The van der Waals surface area contributed by atoms with Crippen molar-refractivity contribution in [1.29, 1.82) is 0 Å². The first kappa shape index (κ1) is 12.3. The van der Waals surface area contributed by atoms with Gasteiger partial charge in [0.1, 0.15) is 0 Å². The minimum Gasteiger partial charge on any atom is -0.376 e. The second-order valence-corrected chi connectivity index (χ2v) is 5.19. The molecule has 1 aliphatic heterocycles. The van der Waals surface area contributed by atoms with Gasteiger partial charge in [0.2, 0.25) is 0 Å². The Morgan fingerprint density at radius 2 is 2.00 bits per heavy atom. The fraction of sp³-hybridized carbons (Fsp3) is 1.00. The highest BCUT2D eigenvalue weighted by atomic mass is 16.5. The van der Waals surface area contributed by atoms with Gasteiger partial charge in [-0.1, -0.05) is 6.92 Å². The van der Waals surface area contributed by atoms with Crippen LogP contribution in [0.25, 0.3) is 0 Å². The molecule has 1 aliphatic carbocycles. The summed E-state index contributed by atoms with van der Waals surface area (Å²) < 4.78 is 11.7. The van der Waals surface area contributed by atoms with Gasteiger partial charge in [0.25, 0.3) is 0 Å². The minimum atomic E-state index is 0.333. The molecule has 0 aromatic rings. The van der Waals surface area contributed by atoms with Crippen LogP contribution in [-0.4, -0.2) is 37.5 Å². The number of hydrogen-bond acceptors (Lipinski definition) is 3. The second-order valence-electron chi connectivity index (χ2n) is 5.19. The quantitative estimate of drug-likeness (QED) is 0.722. The minimum absolute atomic E-state index is 0.333. The van der Waals surface area contributed by atoms with Gasteiger partial charge in [-0.2, -0.15) is 0 Å². The SMILES string of the molecule is CCC(C)OCC1CCC(CNC2CC2)O1. The lowest BCUT2D eigenvalue weighted by Crippen LogP contribution is -2.29. The van der Waals surface area contributed by atoms with Crippen LogP contribution in [0.2, 0.25) is 0 Å². The maximum absolute atomic E-state index is 5.95. The fourth-order valence-corrected chi connectivity index (χ4v) is 2.03. The molecule has 2 aliphatic rings. The average molecular weight is 227 g/mol. The van der Waals surface area contributed by atoms with Crippen LogP contribution in [0, 0.1) is 0 Å². The fourth-order valence-electron chi connectivity index (χ4n) is 2.03. The van der Waals surface area contributed by atoms with Crippen molar-refractivity contribution >= 4 is 0 Å². The van der Waals surface area contributed by atoms with Crippen molar-refractivity contribution < 1.29 is 9.47 Å². The van der Waals surface area contributed by atoms with E-state index < -0.39 is 0 Å². The van der Waals surface area contributed by atoms with E-state index in [0.29, 0.717) is 18.3 Å². The summed E-state index contributed by atoms with van der Waals surface area (Å²) in [4.78, 5) is 0. The Morgan fingerprint density at radius 1 is 1.25 bits per heavy atom. The van der Waals surface area contributed by atoms with Crippen LogP contribution in [0.15, 0.2) is 0 Å². The third-order valence-electron chi connectivity index (χ3n) is 3.55. The van der Waals surface area contributed by atoms with Crippen LogP contribution in [0.1, 0.15) is 46.0 Å². The summed E-state index contributed by atoms with van der Waals surface area (Å²) in [5, 5.41) is 3.53. The lowest BCUT2D eigenvalue weighted by molar-refractivity contribution is -0.0369. The summed E-state index contributed by atoms with van der Waals surface area (Å²) >= 11 is 0. The molecule has 3 atom stereocenters. The zero-order valence-electron chi connectivity index (χ0n) is 10.6. The van der Waals surface area contributed by atoms with E-state index in [1.807, 2.05) is 0 Å². The molecule has 3 nitrogen and oxygen atoms in total. The van der Waals surface area contributed by atoms with E-state index >= 15 is 0 Å². The highest BCUT2D eigenvalue weighted by molar-refractivity contribution is 4.84. The van der Waals surface area contributed by atoms with Crippen molar-refractivity contribution in [3.05, 3.63) is 0 Å². The molecule has 1 N–H and O–H groups in total. The van der Waals surface area contributed by atoms with Gasteiger partial charge in [0.05, 0.1) is 24.9 Å². The Morgan fingerprint density at radius 3 is 2.69 bits per heavy atom. The Balaban J connectivity index is 1.55. The van der Waals surface area contributed by atoms with Gasteiger partial charge < -0.3 is 14.8 Å². The van der Waals surface area contributed by atoms with Gasteiger partial charge in [-0.15, -0.1) is 0 Å². The van der Waals surface area contributed by atoms with E-state index in [1.54, 1.807) is 0 Å². The molecule has 2 rings (SSSR count). The van der Waals surface area contributed by atoms with Crippen LogP contribution in [0.4, 0.5) is 0 Å². The van der Waals surface area contributed by atoms with Gasteiger partial charge in [-0.05, 0) is 39.0 Å². The Kier molecular flexibility index (Phi) is 4.62. The monoisotopic (exact) mass is 227 g/mol. The van der Waals surface area contributed by atoms with Crippen LogP contribution in [-0.2, 0) is 9.47 Å². The molecule has 0 aromatic carbocycles. The molecule has 3 unspecified atom stereocenters. The lowest BCUT2D eigenvalue weighted by atomic mass is 10.2. The third kappa shape index (κ3) is 4.04. The van der Waals surface area contributed by atoms with E-state index in [1.165, 1.54) is 19.3 Å². The number of rotatable bonds is 7. The van der Waals surface area contributed by atoms with E-state index in [0.717, 1.165) is 32.0 Å². The van der Waals surface area contributed by atoms with Crippen molar-refractivity contribution in [3.8, 4) is 0 Å². The van der Waals surface area contributed by atoms with Crippen molar-refractivity contribution in [3.63, 3.8) is 0 Å². The predicted octanol–water partition coefficient (Wildman–Crippen LogP) is 2.10. The summed E-state index contributed by atoms with van der Waals surface area (Å²) in [5.74, 6) is 0. The zero-order valence-corrected chi connectivity index (χ0v) is 10.6. The highest BCUT2D eigenvalue weighted by Gasteiger charge is 2.28. The largest absolute Gasteiger partial charge is 0.376 e. The Labute approximate surface area is 98.9 Å². The maximum atomic E-state index is 5.95. The highest BCUT2D eigenvalue weighted by Crippen LogP contribution is 2.23. The summed E-state index contributed by atoms with van der Waals surface area (Å²) in [7, 11) is 0. The molecular weight excluding hydrogens is 202 g/mol. The van der Waals surface area contributed by atoms with Gasteiger partial charge in [-0.25, -0.2) is 0 Å². The average Bonchev–Trinajstić information content (AvgIpc) is 3.02. The third-order valence-corrected chi connectivity index (χ3v) is 3.55. The summed E-state index contributed by atoms with van der Waals surface area (Å²) in [6.45, 7) is 6.09. The molecule has 3 heteroatoms. The number of nitrogens with one attached hydrogen (secondary N) is 1.